The smallest absolute Gasteiger partial charge is 0.254 e. The molecule has 26 heavy (non-hydrogen) atoms. The summed E-state index contributed by atoms with van der Waals surface area (Å²) in [5.41, 5.74) is 1.51. The molecule has 0 unspecified atom stereocenters. The van der Waals surface area contributed by atoms with E-state index in [9.17, 15) is 14.0 Å². The first-order valence-electron chi connectivity index (χ1n) is 8.97. The molecule has 1 aromatic heterocycles. The summed E-state index contributed by atoms with van der Waals surface area (Å²) in [4.78, 5) is 29.1. The largest absolute Gasteiger partial charge is 0.336 e. The number of likely N-dealkylation sites (tertiary alicyclic amines) is 2. The van der Waals surface area contributed by atoms with Crippen LogP contribution in [0, 0.1) is 11.7 Å². The highest BCUT2D eigenvalue weighted by Crippen LogP contribution is 2.32. The molecule has 0 aliphatic carbocycles. The first-order chi connectivity index (χ1) is 12.6. The molecule has 4 nitrogen and oxygen atoms in total. The predicted molar refractivity (Wildman–Crippen MR) is 98.3 cm³/mol. The van der Waals surface area contributed by atoms with Crippen molar-refractivity contribution in [1.82, 2.24) is 9.80 Å². The lowest BCUT2D eigenvalue weighted by Crippen LogP contribution is -2.43. The number of hydrogen-bond acceptors (Lipinski definition) is 3. The molecule has 2 amide bonds. The van der Waals surface area contributed by atoms with Crippen molar-refractivity contribution in [2.24, 2.45) is 5.92 Å². The number of carbonyl (C=O) groups is 2. The van der Waals surface area contributed by atoms with E-state index >= 15 is 0 Å². The van der Waals surface area contributed by atoms with Crippen LogP contribution in [0.1, 0.15) is 35.2 Å². The van der Waals surface area contributed by atoms with Crippen LogP contribution >= 0.6 is 11.3 Å². The molecule has 136 valence electrons. The van der Waals surface area contributed by atoms with Gasteiger partial charge in [-0.2, -0.15) is 11.3 Å². The summed E-state index contributed by atoms with van der Waals surface area (Å²) in [6, 6.07) is 8.27. The Labute approximate surface area is 156 Å². The van der Waals surface area contributed by atoms with E-state index in [4.69, 9.17) is 0 Å². The van der Waals surface area contributed by atoms with Gasteiger partial charge < -0.3 is 9.80 Å². The van der Waals surface area contributed by atoms with Crippen molar-refractivity contribution < 1.29 is 14.0 Å². The maximum absolute atomic E-state index is 13.5. The second kappa shape index (κ2) is 7.19. The first kappa shape index (κ1) is 17.2. The molecule has 4 rings (SSSR count). The van der Waals surface area contributed by atoms with E-state index in [1.165, 1.54) is 23.5 Å². The number of rotatable bonds is 3. The fourth-order valence-corrected chi connectivity index (χ4v) is 4.74. The van der Waals surface area contributed by atoms with Gasteiger partial charge in [0.15, 0.2) is 0 Å². The third kappa shape index (κ3) is 3.38. The normalized spacial score (nSPS) is 23.0. The van der Waals surface area contributed by atoms with Gasteiger partial charge in [0.05, 0.1) is 11.6 Å². The van der Waals surface area contributed by atoms with Gasteiger partial charge >= 0.3 is 0 Å². The van der Waals surface area contributed by atoms with Gasteiger partial charge in [-0.15, -0.1) is 0 Å². The van der Waals surface area contributed by atoms with Crippen molar-refractivity contribution in [2.45, 2.75) is 31.8 Å². The molecule has 6 heteroatoms. The Hall–Kier alpha value is -2.21. The molecule has 0 radical (unpaired) electrons. The summed E-state index contributed by atoms with van der Waals surface area (Å²) < 4.78 is 13.5. The highest BCUT2D eigenvalue weighted by Gasteiger charge is 2.41. The van der Waals surface area contributed by atoms with Crippen LogP contribution in [-0.2, 0) is 11.3 Å². The third-order valence-corrected chi connectivity index (χ3v) is 6.07. The molecule has 2 saturated heterocycles. The monoisotopic (exact) mass is 372 g/mol. The molecule has 2 atom stereocenters. The van der Waals surface area contributed by atoms with Crippen molar-refractivity contribution in [2.75, 3.05) is 13.1 Å². The second-order valence-electron chi connectivity index (χ2n) is 7.09. The summed E-state index contributed by atoms with van der Waals surface area (Å²) in [6.07, 6.45) is 2.32. The molecule has 0 N–H and O–H groups in total. The van der Waals surface area contributed by atoms with Crippen LogP contribution in [0.2, 0.25) is 0 Å². The topological polar surface area (TPSA) is 40.6 Å². The van der Waals surface area contributed by atoms with E-state index in [2.05, 4.69) is 0 Å². The van der Waals surface area contributed by atoms with Gasteiger partial charge in [0.1, 0.15) is 5.82 Å². The summed E-state index contributed by atoms with van der Waals surface area (Å²) in [6.45, 7) is 1.64. The van der Waals surface area contributed by atoms with Crippen LogP contribution in [0.5, 0.6) is 0 Å². The number of halogens is 1. The van der Waals surface area contributed by atoms with Gasteiger partial charge in [0, 0.05) is 31.4 Å². The Bertz CT molecular complexity index is 808. The van der Waals surface area contributed by atoms with Crippen molar-refractivity contribution in [3.05, 3.63) is 58.0 Å². The molecule has 0 bridgehead atoms. The lowest BCUT2D eigenvalue weighted by atomic mass is 9.98. The molecular formula is C20H21FN2O2S. The van der Waals surface area contributed by atoms with E-state index < -0.39 is 0 Å². The number of hydrogen-bond donors (Lipinski definition) is 0. The minimum absolute atomic E-state index is 0.0100. The fraction of sp³-hybridized carbons (Fsp3) is 0.400. The molecule has 2 aromatic rings. The van der Waals surface area contributed by atoms with E-state index in [0.717, 1.165) is 24.0 Å². The molecule has 0 saturated carbocycles. The third-order valence-electron chi connectivity index (χ3n) is 5.39. The van der Waals surface area contributed by atoms with Gasteiger partial charge in [0.2, 0.25) is 5.91 Å². The number of thiophene rings is 1. The lowest BCUT2D eigenvalue weighted by molar-refractivity contribution is -0.133. The maximum atomic E-state index is 13.5. The average Bonchev–Trinajstić information content (AvgIpc) is 3.27. The van der Waals surface area contributed by atoms with Gasteiger partial charge in [-0.3, -0.25) is 9.59 Å². The Balaban J connectivity index is 1.55. The van der Waals surface area contributed by atoms with Crippen molar-refractivity contribution in [3.8, 4) is 0 Å². The minimum atomic E-state index is -0.290. The van der Waals surface area contributed by atoms with Crippen molar-refractivity contribution >= 4 is 23.2 Å². The van der Waals surface area contributed by atoms with Crippen LogP contribution < -0.4 is 0 Å². The molecule has 1 aromatic carbocycles. The van der Waals surface area contributed by atoms with Crippen molar-refractivity contribution in [1.29, 1.82) is 0 Å². The molecular weight excluding hydrogens is 351 g/mol. The van der Waals surface area contributed by atoms with Crippen LogP contribution in [0.3, 0.4) is 0 Å². The zero-order chi connectivity index (χ0) is 18.1. The van der Waals surface area contributed by atoms with Crippen LogP contribution in [0.15, 0.2) is 41.1 Å². The SMILES string of the molecule is O=C(c1ccsc1)N1C[C@H]2CCCC(=O)N(Cc3cccc(F)c3)[C@H]2C1. The maximum Gasteiger partial charge on any atom is 0.254 e. The standard InChI is InChI=1S/C20H21FN2O2S/c21-17-5-1-3-14(9-17)10-23-18-12-22(20(25)16-7-8-26-13-16)11-15(18)4-2-6-19(23)24/h1,3,5,7-9,13,15,18H,2,4,6,10-12H2/t15-,18+/m1/s1. The Morgan fingerprint density at radius 2 is 2.15 bits per heavy atom. The Morgan fingerprint density at radius 1 is 1.27 bits per heavy atom. The first-order valence-corrected chi connectivity index (χ1v) is 9.91. The highest BCUT2D eigenvalue weighted by molar-refractivity contribution is 7.08. The molecule has 0 spiro atoms. The van der Waals surface area contributed by atoms with E-state index in [-0.39, 0.29) is 29.6 Å². The quantitative estimate of drug-likeness (QED) is 0.827. The summed E-state index contributed by atoms with van der Waals surface area (Å²) in [5.74, 6) is 0.142. The molecule has 2 aliphatic heterocycles. The number of carbonyl (C=O) groups excluding carboxylic acids is 2. The zero-order valence-electron chi connectivity index (χ0n) is 14.4. The van der Waals surface area contributed by atoms with Gasteiger partial charge in [0.25, 0.3) is 5.91 Å². The van der Waals surface area contributed by atoms with E-state index in [1.54, 1.807) is 6.07 Å². The number of nitrogens with zero attached hydrogens (tertiary/aromatic N) is 2. The fourth-order valence-electron chi connectivity index (χ4n) is 4.11. The minimum Gasteiger partial charge on any atom is -0.336 e. The Morgan fingerprint density at radius 3 is 2.92 bits per heavy atom. The van der Waals surface area contributed by atoms with Crippen LogP contribution in [0.4, 0.5) is 4.39 Å². The summed E-state index contributed by atoms with van der Waals surface area (Å²) >= 11 is 1.51. The molecule has 2 fully saturated rings. The molecule has 3 heterocycles. The number of fused-ring (bicyclic) bond motifs is 1. The Kier molecular flexibility index (Phi) is 4.76. The van der Waals surface area contributed by atoms with Crippen molar-refractivity contribution in [3.63, 3.8) is 0 Å². The second-order valence-corrected chi connectivity index (χ2v) is 7.87. The summed E-state index contributed by atoms with van der Waals surface area (Å²) in [7, 11) is 0. The lowest BCUT2D eigenvalue weighted by Gasteiger charge is -2.30. The van der Waals surface area contributed by atoms with Crippen LogP contribution in [-0.4, -0.2) is 40.7 Å². The number of amides is 2. The summed E-state index contributed by atoms with van der Waals surface area (Å²) in [5, 5.41) is 3.77. The van der Waals surface area contributed by atoms with E-state index in [1.807, 2.05) is 32.7 Å². The number of benzene rings is 1. The average molecular weight is 372 g/mol. The predicted octanol–water partition coefficient (Wildman–Crippen LogP) is 3.54. The molecule has 2 aliphatic rings. The zero-order valence-corrected chi connectivity index (χ0v) is 15.3. The van der Waals surface area contributed by atoms with Gasteiger partial charge in [-0.1, -0.05) is 12.1 Å². The van der Waals surface area contributed by atoms with E-state index in [0.29, 0.717) is 26.1 Å². The highest BCUT2D eigenvalue weighted by atomic mass is 32.1. The van der Waals surface area contributed by atoms with Crippen LogP contribution in [0.25, 0.3) is 0 Å². The van der Waals surface area contributed by atoms with Gasteiger partial charge in [-0.05, 0) is 47.9 Å². The van der Waals surface area contributed by atoms with Gasteiger partial charge in [-0.25, -0.2) is 4.39 Å².